The van der Waals surface area contributed by atoms with Crippen LogP contribution in [0.25, 0.3) is 0 Å². The second-order valence-corrected chi connectivity index (χ2v) is 3.81. The zero-order valence-corrected chi connectivity index (χ0v) is 6.64. The molecule has 68 valence electrons. The smallest absolute Gasteiger partial charge is 0.247 e. The molecule has 12 heavy (non-hydrogen) atoms. The number of rotatable bonds is 1. The minimum Gasteiger partial charge on any atom is -0.247 e. The summed E-state index contributed by atoms with van der Waals surface area (Å²) >= 11 is 0. The molecule has 0 radical (unpaired) electrons. The van der Waals surface area contributed by atoms with Gasteiger partial charge in [-0.05, 0) is 37.2 Å². The molecule has 0 spiro atoms. The summed E-state index contributed by atoms with van der Waals surface area (Å²) in [4.78, 5) is 0. The van der Waals surface area contributed by atoms with Crippen LogP contribution >= 0.6 is 0 Å². The first-order chi connectivity index (χ1) is 5.68. The van der Waals surface area contributed by atoms with E-state index in [9.17, 15) is 13.2 Å². The van der Waals surface area contributed by atoms with Crippen LogP contribution in [0.5, 0.6) is 0 Å². The quantitative estimate of drug-likeness (QED) is 0.575. The summed E-state index contributed by atoms with van der Waals surface area (Å²) in [6, 6.07) is 0. The second kappa shape index (κ2) is 2.79. The van der Waals surface area contributed by atoms with E-state index in [0.29, 0.717) is 0 Å². The third-order valence-electron chi connectivity index (χ3n) is 3.19. The van der Waals surface area contributed by atoms with E-state index in [1.54, 1.807) is 0 Å². The van der Waals surface area contributed by atoms with Crippen molar-refractivity contribution in [2.24, 2.45) is 17.8 Å². The van der Waals surface area contributed by atoms with Gasteiger partial charge >= 0.3 is 0 Å². The van der Waals surface area contributed by atoms with Gasteiger partial charge in [-0.25, -0.2) is 4.39 Å². The summed E-state index contributed by atoms with van der Waals surface area (Å²) < 4.78 is 37.0. The Morgan fingerprint density at radius 2 is 1.83 bits per heavy atom. The number of allylic oxidation sites excluding steroid dienone is 1. The van der Waals surface area contributed by atoms with Gasteiger partial charge in [-0.1, -0.05) is 0 Å². The molecule has 2 saturated carbocycles. The molecule has 0 N–H and O–H groups in total. The lowest BCUT2D eigenvalue weighted by molar-refractivity contribution is 0.180. The van der Waals surface area contributed by atoms with Crippen LogP contribution in [0.4, 0.5) is 13.2 Å². The minimum absolute atomic E-state index is 0.0654. The lowest BCUT2D eigenvalue weighted by Crippen LogP contribution is -2.21. The van der Waals surface area contributed by atoms with Crippen molar-refractivity contribution >= 4 is 0 Å². The van der Waals surface area contributed by atoms with Gasteiger partial charge in [0.2, 0.25) is 0 Å². The van der Waals surface area contributed by atoms with Gasteiger partial charge in [-0.15, -0.1) is 0 Å². The van der Waals surface area contributed by atoms with E-state index in [4.69, 9.17) is 0 Å². The maximum Gasteiger partial charge on any atom is 0.266 e. The van der Waals surface area contributed by atoms with Gasteiger partial charge in [-0.2, -0.15) is 8.78 Å². The van der Waals surface area contributed by atoms with Crippen LogP contribution in [0.1, 0.15) is 19.3 Å². The molecule has 0 aromatic carbocycles. The third kappa shape index (κ3) is 1.15. The average Bonchev–Trinajstić information content (AvgIpc) is 2.53. The predicted molar refractivity (Wildman–Crippen MR) is 39.5 cm³/mol. The molecular formula is C9H11F3. The highest BCUT2D eigenvalue weighted by atomic mass is 19.3. The average molecular weight is 176 g/mol. The van der Waals surface area contributed by atoms with Gasteiger partial charge in [0.15, 0.2) is 0 Å². The molecule has 0 aromatic rings. The zero-order valence-electron chi connectivity index (χ0n) is 6.64. The maximum atomic E-state index is 13.3. The molecule has 2 aliphatic carbocycles. The standard InChI is InChI=1S/C9H11F3/c10-8(11)4-7-5-1-2-6(3-5)9(7)12/h4-7,9H,1-3H2. The number of halogens is 3. The molecule has 0 heterocycles. The van der Waals surface area contributed by atoms with E-state index < -0.39 is 18.2 Å². The van der Waals surface area contributed by atoms with Crippen molar-refractivity contribution in [2.45, 2.75) is 25.4 Å². The molecule has 4 atom stereocenters. The summed E-state index contributed by atoms with van der Waals surface area (Å²) in [6.07, 6.45) is 0.716. The van der Waals surface area contributed by atoms with Crippen molar-refractivity contribution in [3.63, 3.8) is 0 Å². The molecule has 0 aromatic heterocycles. The van der Waals surface area contributed by atoms with Crippen LogP contribution in [-0.4, -0.2) is 6.17 Å². The summed E-state index contributed by atoms with van der Waals surface area (Å²) in [5, 5.41) is 0. The Morgan fingerprint density at radius 3 is 2.33 bits per heavy atom. The largest absolute Gasteiger partial charge is 0.266 e. The first-order valence-electron chi connectivity index (χ1n) is 4.35. The first kappa shape index (κ1) is 8.14. The highest BCUT2D eigenvalue weighted by Gasteiger charge is 2.47. The molecular weight excluding hydrogens is 165 g/mol. The van der Waals surface area contributed by atoms with Crippen molar-refractivity contribution in [3.8, 4) is 0 Å². The number of fused-ring (bicyclic) bond motifs is 2. The van der Waals surface area contributed by atoms with Gasteiger partial charge in [0.1, 0.15) is 6.17 Å². The summed E-state index contributed by atoms with van der Waals surface area (Å²) in [5.74, 6) is -0.240. The number of hydrogen-bond donors (Lipinski definition) is 0. The van der Waals surface area contributed by atoms with Crippen LogP contribution in [0.3, 0.4) is 0 Å². The van der Waals surface area contributed by atoms with Gasteiger partial charge in [0.05, 0.1) is 0 Å². The van der Waals surface area contributed by atoms with Gasteiger partial charge < -0.3 is 0 Å². The third-order valence-corrected chi connectivity index (χ3v) is 3.19. The van der Waals surface area contributed by atoms with Crippen LogP contribution in [0, 0.1) is 17.8 Å². The molecule has 0 aliphatic heterocycles. The molecule has 2 aliphatic rings. The van der Waals surface area contributed by atoms with Crippen molar-refractivity contribution < 1.29 is 13.2 Å². The Kier molecular flexibility index (Phi) is 1.89. The molecule has 2 bridgehead atoms. The van der Waals surface area contributed by atoms with Gasteiger partial charge in [0.25, 0.3) is 6.08 Å². The van der Waals surface area contributed by atoms with Crippen LogP contribution in [0.15, 0.2) is 12.2 Å². The van der Waals surface area contributed by atoms with E-state index in [1.165, 1.54) is 0 Å². The topological polar surface area (TPSA) is 0 Å². The summed E-state index contributed by atoms with van der Waals surface area (Å²) in [5.41, 5.74) is 0. The minimum atomic E-state index is -1.73. The fourth-order valence-electron chi connectivity index (χ4n) is 2.64. The Hall–Kier alpha value is -0.470. The molecule has 0 saturated heterocycles. The van der Waals surface area contributed by atoms with Crippen LogP contribution < -0.4 is 0 Å². The molecule has 4 unspecified atom stereocenters. The van der Waals surface area contributed by atoms with E-state index in [2.05, 4.69) is 0 Å². The molecule has 0 amide bonds. The normalized spacial score (nSPS) is 44.9. The molecule has 0 nitrogen and oxygen atoms in total. The van der Waals surface area contributed by atoms with E-state index in [1.807, 2.05) is 0 Å². The fraction of sp³-hybridized carbons (Fsp3) is 0.778. The Bertz CT molecular complexity index is 206. The molecule has 3 heteroatoms. The lowest BCUT2D eigenvalue weighted by Gasteiger charge is -2.21. The second-order valence-electron chi connectivity index (χ2n) is 3.81. The van der Waals surface area contributed by atoms with Crippen molar-refractivity contribution in [1.82, 2.24) is 0 Å². The van der Waals surface area contributed by atoms with E-state index in [0.717, 1.165) is 25.3 Å². The van der Waals surface area contributed by atoms with Crippen molar-refractivity contribution in [3.05, 3.63) is 12.2 Å². The zero-order chi connectivity index (χ0) is 8.72. The molecule has 2 rings (SSSR count). The first-order valence-corrected chi connectivity index (χ1v) is 4.35. The van der Waals surface area contributed by atoms with E-state index >= 15 is 0 Å². The number of hydrogen-bond acceptors (Lipinski definition) is 0. The Balaban J connectivity index is 2.12. The maximum absolute atomic E-state index is 13.3. The van der Waals surface area contributed by atoms with Crippen LogP contribution in [0.2, 0.25) is 0 Å². The van der Waals surface area contributed by atoms with Gasteiger partial charge in [0, 0.05) is 5.92 Å². The summed E-state index contributed by atoms with van der Waals surface area (Å²) in [6.45, 7) is 0. The SMILES string of the molecule is FC(F)=CC1C2CCC(C2)C1F. The van der Waals surface area contributed by atoms with Crippen molar-refractivity contribution in [1.29, 1.82) is 0 Å². The monoisotopic (exact) mass is 176 g/mol. The highest BCUT2D eigenvalue weighted by Crippen LogP contribution is 2.50. The van der Waals surface area contributed by atoms with E-state index in [-0.39, 0.29) is 11.8 Å². The van der Waals surface area contributed by atoms with Gasteiger partial charge in [-0.3, -0.25) is 0 Å². The lowest BCUT2D eigenvalue weighted by atomic mass is 9.87. The highest BCUT2D eigenvalue weighted by molar-refractivity contribution is 5.05. The summed E-state index contributed by atoms with van der Waals surface area (Å²) in [7, 11) is 0. The van der Waals surface area contributed by atoms with Crippen LogP contribution in [-0.2, 0) is 0 Å². The van der Waals surface area contributed by atoms with Crippen molar-refractivity contribution in [2.75, 3.05) is 0 Å². The number of alkyl halides is 1. The predicted octanol–water partition coefficient (Wildman–Crippen LogP) is 3.15. The Labute approximate surface area is 69.5 Å². The molecule has 2 fully saturated rings. The Morgan fingerprint density at radius 1 is 1.17 bits per heavy atom. The fourth-order valence-corrected chi connectivity index (χ4v) is 2.64.